The monoisotopic (exact) mass is 365 g/mol. The molecule has 2 rings (SSSR count). The van der Waals surface area contributed by atoms with Crippen LogP contribution in [0.15, 0.2) is 28.0 Å². The van der Waals surface area contributed by atoms with Gasteiger partial charge in [0, 0.05) is 12.3 Å². The molecule has 1 saturated carbocycles. The number of sulfonamides is 1. The van der Waals surface area contributed by atoms with Crippen molar-refractivity contribution >= 4 is 31.5 Å². The number of halogens is 1. The van der Waals surface area contributed by atoms with Gasteiger partial charge in [0.25, 0.3) is 0 Å². The topological polar surface area (TPSA) is 80.3 Å². The van der Waals surface area contributed by atoms with Crippen LogP contribution in [0, 0.1) is 5.92 Å². The maximum Gasteiger partial charge on any atom is 0.242 e. The second kappa shape index (κ2) is 6.47. The fraction of sp³-hybridized carbons (Fsp3) is 0.571. The predicted molar refractivity (Wildman–Crippen MR) is 86.3 cm³/mol. The zero-order valence-corrected chi connectivity index (χ0v) is 14.9. The number of benzene rings is 1. The quantitative estimate of drug-likeness (QED) is 0.889. The van der Waals surface area contributed by atoms with Gasteiger partial charge in [0.05, 0.1) is 9.92 Å². The summed E-state index contributed by atoms with van der Waals surface area (Å²) in [5.74, 6) is 0.250. The maximum absolute atomic E-state index is 12.6. The van der Waals surface area contributed by atoms with Crippen LogP contribution in [0.1, 0.15) is 32.6 Å². The van der Waals surface area contributed by atoms with Crippen molar-refractivity contribution in [2.75, 3.05) is 6.26 Å². The summed E-state index contributed by atoms with van der Waals surface area (Å²) in [6.07, 6.45) is 4.87. The Kier molecular flexibility index (Phi) is 5.21. The Balaban J connectivity index is 2.36. The van der Waals surface area contributed by atoms with Gasteiger partial charge in [0.2, 0.25) is 10.0 Å². The lowest BCUT2D eigenvalue weighted by molar-refractivity contribution is 0.310. The molecule has 1 fully saturated rings. The van der Waals surface area contributed by atoms with Crippen molar-refractivity contribution in [2.24, 2.45) is 5.92 Å². The minimum absolute atomic E-state index is 0.0170. The van der Waals surface area contributed by atoms with Crippen LogP contribution >= 0.6 is 11.6 Å². The molecular weight excluding hydrogens is 346 g/mol. The number of hydrogen-bond donors (Lipinski definition) is 1. The third kappa shape index (κ3) is 4.01. The van der Waals surface area contributed by atoms with Gasteiger partial charge in [-0.2, -0.15) is 0 Å². The highest BCUT2D eigenvalue weighted by molar-refractivity contribution is 7.91. The zero-order valence-electron chi connectivity index (χ0n) is 12.5. The summed E-state index contributed by atoms with van der Waals surface area (Å²) >= 11 is 5.97. The lowest BCUT2D eigenvalue weighted by Gasteiger charge is -2.29. The number of sulfone groups is 1. The van der Waals surface area contributed by atoms with Gasteiger partial charge in [-0.1, -0.05) is 31.4 Å². The lowest BCUT2D eigenvalue weighted by Crippen LogP contribution is -2.41. The summed E-state index contributed by atoms with van der Waals surface area (Å²) in [6.45, 7) is 2.01. The van der Waals surface area contributed by atoms with Gasteiger partial charge < -0.3 is 0 Å². The molecule has 124 valence electrons. The molecule has 0 radical (unpaired) electrons. The number of hydrogen-bond acceptors (Lipinski definition) is 4. The summed E-state index contributed by atoms with van der Waals surface area (Å²) in [6, 6.07) is 3.58. The summed E-state index contributed by atoms with van der Waals surface area (Å²) in [5, 5.41) is 0.0170. The van der Waals surface area contributed by atoms with Crippen molar-refractivity contribution in [3.05, 3.63) is 23.2 Å². The van der Waals surface area contributed by atoms with Crippen LogP contribution in [0.2, 0.25) is 5.02 Å². The molecular formula is C14H20ClNO4S2. The normalized spacial score (nSPS) is 23.4. The Hall–Kier alpha value is -0.630. The van der Waals surface area contributed by atoms with Gasteiger partial charge in [0.1, 0.15) is 4.90 Å². The molecule has 0 bridgehead atoms. The van der Waals surface area contributed by atoms with Crippen LogP contribution in [-0.2, 0) is 19.9 Å². The molecule has 0 heterocycles. The Morgan fingerprint density at radius 1 is 1.14 bits per heavy atom. The van der Waals surface area contributed by atoms with Crippen molar-refractivity contribution in [1.29, 1.82) is 0 Å². The van der Waals surface area contributed by atoms with E-state index in [0.717, 1.165) is 38.0 Å². The number of rotatable bonds is 4. The van der Waals surface area contributed by atoms with E-state index in [2.05, 4.69) is 4.72 Å². The third-order valence-corrected chi connectivity index (χ3v) is 7.12. The van der Waals surface area contributed by atoms with E-state index in [0.29, 0.717) is 0 Å². The zero-order chi connectivity index (χ0) is 16.5. The molecule has 0 aliphatic heterocycles. The summed E-state index contributed by atoms with van der Waals surface area (Å²) < 4.78 is 51.0. The summed E-state index contributed by atoms with van der Waals surface area (Å²) in [7, 11) is -7.35. The molecule has 22 heavy (non-hydrogen) atoms. The first-order valence-electron chi connectivity index (χ1n) is 7.13. The molecule has 0 spiro atoms. The van der Waals surface area contributed by atoms with Crippen LogP contribution < -0.4 is 4.72 Å². The van der Waals surface area contributed by atoms with Crippen LogP contribution in [0.3, 0.4) is 0 Å². The highest BCUT2D eigenvalue weighted by Crippen LogP contribution is 2.28. The highest BCUT2D eigenvalue weighted by atomic mass is 35.5. The Bertz CT molecular complexity index is 759. The van der Waals surface area contributed by atoms with Crippen molar-refractivity contribution in [3.63, 3.8) is 0 Å². The van der Waals surface area contributed by atoms with E-state index in [4.69, 9.17) is 11.6 Å². The standard InChI is InChI=1S/C14H20ClNO4S2/c1-10-5-3-4-6-13(10)16-22(19,20)14-9-11(21(2,17)18)7-8-12(14)15/h7-10,13,16H,3-6H2,1-2H3. The minimum Gasteiger partial charge on any atom is -0.224 e. The van der Waals surface area contributed by atoms with E-state index >= 15 is 0 Å². The fourth-order valence-corrected chi connectivity index (χ4v) is 5.30. The van der Waals surface area contributed by atoms with Crippen LogP contribution in [0.4, 0.5) is 0 Å². The molecule has 1 N–H and O–H groups in total. The molecule has 8 heteroatoms. The molecule has 1 aromatic rings. The Morgan fingerprint density at radius 3 is 2.36 bits per heavy atom. The first kappa shape index (κ1) is 17.7. The molecule has 0 amide bonds. The van der Waals surface area contributed by atoms with E-state index in [1.165, 1.54) is 12.1 Å². The van der Waals surface area contributed by atoms with Gasteiger partial charge in [-0.15, -0.1) is 0 Å². The minimum atomic E-state index is -3.85. The van der Waals surface area contributed by atoms with E-state index < -0.39 is 19.9 Å². The van der Waals surface area contributed by atoms with Crippen molar-refractivity contribution < 1.29 is 16.8 Å². The fourth-order valence-electron chi connectivity index (χ4n) is 2.67. The van der Waals surface area contributed by atoms with Gasteiger partial charge in [-0.05, 0) is 37.0 Å². The molecule has 2 atom stereocenters. The van der Waals surface area contributed by atoms with E-state index in [9.17, 15) is 16.8 Å². The lowest BCUT2D eigenvalue weighted by atomic mass is 9.87. The van der Waals surface area contributed by atoms with Crippen molar-refractivity contribution in [3.8, 4) is 0 Å². The molecule has 0 aromatic heterocycles. The van der Waals surface area contributed by atoms with Gasteiger partial charge in [-0.3, -0.25) is 0 Å². The van der Waals surface area contributed by atoms with E-state index in [-0.39, 0.29) is 26.8 Å². The molecule has 0 saturated heterocycles. The maximum atomic E-state index is 12.6. The highest BCUT2D eigenvalue weighted by Gasteiger charge is 2.28. The number of nitrogens with one attached hydrogen (secondary N) is 1. The van der Waals surface area contributed by atoms with Crippen molar-refractivity contribution in [2.45, 2.75) is 48.4 Å². The molecule has 2 unspecified atom stereocenters. The SMILES string of the molecule is CC1CCCCC1NS(=O)(=O)c1cc(S(C)(=O)=O)ccc1Cl. The Morgan fingerprint density at radius 2 is 1.77 bits per heavy atom. The first-order chi connectivity index (χ1) is 10.1. The van der Waals surface area contributed by atoms with Crippen LogP contribution in [0.5, 0.6) is 0 Å². The predicted octanol–water partition coefficient (Wildman–Crippen LogP) is 2.60. The summed E-state index contributed by atoms with van der Waals surface area (Å²) in [5.41, 5.74) is 0. The molecule has 1 aromatic carbocycles. The molecule has 1 aliphatic rings. The average Bonchev–Trinajstić information content (AvgIpc) is 2.40. The van der Waals surface area contributed by atoms with Crippen LogP contribution in [-0.4, -0.2) is 29.1 Å². The summed E-state index contributed by atoms with van der Waals surface area (Å²) in [4.78, 5) is -0.246. The average molecular weight is 366 g/mol. The van der Waals surface area contributed by atoms with Crippen LogP contribution in [0.25, 0.3) is 0 Å². The second-order valence-electron chi connectivity index (χ2n) is 5.85. The molecule has 5 nitrogen and oxygen atoms in total. The molecule has 1 aliphatic carbocycles. The van der Waals surface area contributed by atoms with Gasteiger partial charge in [0.15, 0.2) is 9.84 Å². The largest absolute Gasteiger partial charge is 0.242 e. The van der Waals surface area contributed by atoms with Gasteiger partial charge in [-0.25, -0.2) is 21.6 Å². The first-order valence-corrected chi connectivity index (χ1v) is 10.9. The Labute approximate surface area is 137 Å². The van der Waals surface area contributed by atoms with E-state index in [1.54, 1.807) is 0 Å². The smallest absolute Gasteiger partial charge is 0.224 e. The van der Waals surface area contributed by atoms with Gasteiger partial charge >= 0.3 is 0 Å². The van der Waals surface area contributed by atoms with E-state index in [1.807, 2.05) is 6.92 Å². The second-order valence-corrected chi connectivity index (χ2v) is 9.96. The van der Waals surface area contributed by atoms with Crippen molar-refractivity contribution in [1.82, 2.24) is 4.72 Å². The third-order valence-electron chi connectivity index (χ3n) is 4.04.